The number of hydrazone groups is 1. The molecular weight excluding hydrogens is 300 g/mol. The van der Waals surface area contributed by atoms with Crippen LogP contribution in [0.1, 0.15) is 11.1 Å². The quantitative estimate of drug-likeness (QED) is 0.489. The van der Waals surface area contributed by atoms with Gasteiger partial charge >= 0.3 is 0 Å². The molecule has 2 nitrogen and oxygen atoms in total. The number of hydrogen-bond donors (Lipinski definition) is 1. The maximum atomic E-state index is 4.25. The van der Waals surface area contributed by atoms with Crippen LogP contribution in [0.15, 0.2) is 93.8 Å². The van der Waals surface area contributed by atoms with Gasteiger partial charge in [0.2, 0.25) is 0 Å². The predicted molar refractivity (Wildman–Crippen MR) is 99.4 cm³/mol. The lowest BCUT2D eigenvalue weighted by Crippen LogP contribution is -1.89. The summed E-state index contributed by atoms with van der Waals surface area (Å²) in [4.78, 5) is 2.48. The Kier molecular flexibility index (Phi) is 5.12. The minimum absolute atomic E-state index is 0.982. The molecule has 0 unspecified atom stereocenters. The lowest BCUT2D eigenvalue weighted by Gasteiger charge is -2.03. The summed E-state index contributed by atoms with van der Waals surface area (Å²) in [6.07, 6.45) is 1.83. The summed E-state index contributed by atoms with van der Waals surface area (Å²) < 4.78 is 0. The first kappa shape index (κ1) is 15.4. The number of anilines is 1. The van der Waals surface area contributed by atoms with E-state index in [-0.39, 0.29) is 0 Å². The van der Waals surface area contributed by atoms with Crippen molar-refractivity contribution in [3.05, 3.63) is 90.0 Å². The molecule has 3 aromatic carbocycles. The first-order valence-corrected chi connectivity index (χ1v) is 8.30. The van der Waals surface area contributed by atoms with Crippen molar-refractivity contribution in [2.75, 3.05) is 5.43 Å². The second-order valence-corrected chi connectivity index (χ2v) is 6.37. The fourth-order valence-electron chi connectivity index (χ4n) is 2.06. The van der Waals surface area contributed by atoms with Crippen molar-refractivity contribution >= 4 is 23.7 Å². The highest BCUT2D eigenvalue weighted by Crippen LogP contribution is 2.27. The molecule has 1 N–H and O–H groups in total. The van der Waals surface area contributed by atoms with Crippen molar-refractivity contribution in [1.29, 1.82) is 0 Å². The van der Waals surface area contributed by atoms with E-state index in [0.717, 1.165) is 11.3 Å². The molecule has 0 aromatic heterocycles. The van der Waals surface area contributed by atoms with Crippen molar-refractivity contribution < 1.29 is 0 Å². The standard InChI is InChI=1S/C20H18N2S/c1-16-7-11-19(12-8-16)23-20-13-9-17(10-14-20)15-21-22-18-5-3-2-4-6-18/h2-15,22H,1H3/b21-15-. The molecule has 0 aliphatic carbocycles. The highest BCUT2D eigenvalue weighted by Gasteiger charge is 1.97. The molecule has 0 aliphatic heterocycles. The maximum Gasteiger partial charge on any atom is 0.0561 e. The minimum atomic E-state index is 0.982. The molecular formula is C20H18N2S. The van der Waals surface area contributed by atoms with Crippen LogP contribution in [-0.4, -0.2) is 6.21 Å². The fourth-order valence-corrected chi connectivity index (χ4v) is 2.87. The van der Waals surface area contributed by atoms with Crippen LogP contribution < -0.4 is 5.43 Å². The number of nitrogens with zero attached hydrogens (tertiary/aromatic N) is 1. The van der Waals surface area contributed by atoms with Gasteiger partial charge < -0.3 is 0 Å². The summed E-state index contributed by atoms with van der Waals surface area (Å²) in [6.45, 7) is 2.10. The topological polar surface area (TPSA) is 24.4 Å². The second kappa shape index (κ2) is 7.65. The van der Waals surface area contributed by atoms with Gasteiger partial charge in [-0.15, -0.1) is 0 Å². The van der Waals surface area contributed by atoms with Gasteiger partial charge in [0.05, 0.1) is 11.9 Å². The van der Waals surface area contributed by atoms with Gasteiger partial charge in [0.25, 0.3) is 0 Å². The molecule has 0 spiro atoms. The molecule has 0 heterocycles. The monoisotopic (exact) mass is 318 g/mol. The van der Waals surface area contributed by atoms with Gasteiger partial charge in [-0.05, 0) is 48.9 Å². The second-order valence-electron chi connectivity index (χ2n) is 5.22. The molecule has 3 aromatic rings. The van der Waals surface area contributed by atoms with Crippen LogP contribution in [0.4, 0.5) is 5.69 Å². The number of aryl methyl sites for hydroxylation is 1. The Hall–Kier alpha value is -2.52. The lowest BCUT2D eigenvalue weighted by molar-refractivity contribution is 1.34. The van der Waals surface area contributed by atoms with Crippen molar-refractivity contribution in [2.24, 2.45) is 5.10 Å². The zero-order valence-electron chi connectivity index (χ0n) is 12.9. The molecule has 0 aliphatic rings. The number of para-hydroxylation sites is 1. The van der Waals surface area contributed by atoms with E-state index >= 15 is 0 Å². The Morgan fingerprint density at radius 1 is 0.783 bits per heavy atom. The van der Waals surface area contributed by atoms with E-state index in [9.17, 15) is 0 Å². The van der Waals surface area contributed by atoms with Crippen LogP contribution in [0.25, 0.3) is 0 Å². The van der Waals surface area contributed by atoms with Crippen LogP contribution in [0.2, 0.25) is 0 Å². The van der Waals surface area contributed by atoms with Crippen LogP contribution in [0, 0.1) is 6.92 Å². The van der Waals surface area contributed by atoms with Crippen LogP contribution in [0.3, 0.4) is 0 Å². The smallest absolute Gasteiger partial charge is 0.0561 e. The van der Waals surface area contributed by atoms with E-state index in [1.165, 1.54) is 15.4 Å². The molecule has 0 saturated carbocycles. The fraction of sp³-hybridized carbons (Fsp3) is 0.0500. The molecule has 0 amide bonds. The maximum absolute atomic E-state index is 4.25. The summed E-state index contributed by atoms with van der Waals surface area (Å²) in [5.41, 5.74) is 6.35. The number of benzene rings is 3. The van der Waals surface area contributed by atoms with Gasteiger partial charge in [0, 0.05) is 9.79 Å². The molecule has 0 fully saturated rings. The van der Waals surface area contributed by atoms with Gasteiger partial charge in [-0.3, -0.25) is 5.43 Å². The number of nitrogens with one attached hydrogen (secondary N) is 1. The summed E-state index contributed by atoms with van der Waals surface area (Å²) in [5.74, 6) is 0. The SMILES string of the molecule is Cc1ccc(Sc2ccc(/C=N\Nc3ccccc3)cc2)cc1. The summed E-state index contributed by atoms with van der Waals surface area (Å²) >= 11 is 1.77. The van der Waals surface area contributed by atoms with Crippen molar-refractivity contribution in [3.63, 3.8) is 0 Å². The van der Waals surface area contributed by atoms with Crippen LogP contribution in [0.5, 0.6) is 0 Å². The van der Waals surface area contributed by atoms with E-state index in [1.54, 1.807) is 11.8 Å². The Morgan fingerprint density at radius 3 is 2.04 bits per heavy atom. The molecule has 0 bridgehead atoms. The Balaban J connectivity index is 1.59. The number of rotatable bonds is 5. The molecule has 0 saturated heterocycles. The van der Waals surface area contributed by atoms with Gasteiger partial charge in [-0.2, -0.15) is 5.10 Å². The highest BCUT2D eigenvalue weighted by molar-refractivity contribution is 7.99. The Labute approximate surface area is 141 Å². The van der Waals surface area contributed by atoms with Crippen molar-refractivity contribution in [3.8, 4) is 0 Å². The zero-order valence-corrected chi connectivity index (χ0v) is 13.8. The Morgan fingerprint density at radius 2 is 1.39 bits per heavy atom. The largest absolute Gasteiger partial charge is 0.279 e. The molecule has 0 atom stereocenters. The summed E-state index contributed by atoms with van der Waals surface area (Å²) in [6, 6.07) is 26.9. The summed E-state index contributed by atoms with van der Waals surface area (Å²) in [7, 11) is 0. The average molecular weight is 318 g/mol. The number of hydrogen-bond acceptors (Lipinski definition) is 3. The van der Waals surface area contributed by atoms with E-state index in [4.69, 9.17) is 0 Å². The van der Waals surface area contributed by atoms with E-state index in [0.29, 0.717) is 0 Å². The third-order valence-electron chi connectivity index (χ3n) is 3.32. The van der Waals surface area contributed by atoms with Gasteiger partial charge in [-0.1, -0.05) is 59.8 Å². The van der Waals surface area contributed by atoms with E-state index in [2.05, 4.69) is 66.0 Å². The molecule has 23 heavy (non-hydrogen) atoms. The van der Waals surface area contributed by atoms with Gasteiger partial charge in [0.1, 0.15) is 0 Å². The van der Waals surface area contributed by atoms with E-state index in [1.807, 2.05) is 36.5 Å². The lowest BCUT2D eigenvalue weighted by atomic mass is 10.2. The molecule has 0 radical (unpaired) electrons. The van der Waals surface area contributed by atoms with Gasteiger partial charge in [0.15, 0.2) is 0 Å². The Bertz CT molecular complexity index is 763. The molecule has 114 valence electrons. The summed E-state index contributed by atoms with van der Waals surface area (Å²) in [5, 5.41) is 4.25. The normalized spacial score (nSPS) is 10.8. The third kappa shape index (κ3) is 4.73. The van der Waals surface area contributed by atoms with Crippen molar-refractivity contribution in [1.82, 2.24) is 0 Å². The van der Waals surface area contributed by atoms with Crippen LogP contribution in [-0.2, 0) is 0 Å². The van der Waals surface area contributed by atoms with Crippen molar-refractivity contribution in [2.45, 2.75) is 16.7 Å². The first-order chi connectivity index (χ1) is 11.3. The molecule has 3 rings (SSSR count). The average Bonchev–Trinajstić information content (AvgIpc) is 2.59. The van der Waals surface area contributed by atoms with E-state index < -0.39 is 0 Å². The van der Waals surface area contributed by atoms with Gasteiger partial charge in [-0.25, -0.2) is 0 Å². The third-order valence-corrected chi connectivity index (χ3v) is 4.33. The predicted octanol–water partition coefficient (Wildman–Crippen LogP) is 5.59. The molecule has 3 heteroatoms. The zero-order chi connectivity index (χ0) is 15.9. The minimum Gasteiger partial charge on any atom is -0.279 e. The van der Waals surface area contributed by atoms with Crippen LogP contribution >= 0.6 is 11.8 Å². The highest BCUT2D eigenvalue weighted by atomic mass is 32.2. The first-order valence-electron chi connectivity index (χ1n) is 7.48.